The molecule has 0 amide bonds. The van der Waals surface area contributed by atoms with Crippen molar-refractivity contribution in [3.63, 3.8) is 0 Å². The van der Waals surface area contributed by atoms with E-state index in [1.54, 1.807) is 29.5 Å². The first-order valence-electron chi connectivity index (χ1n) is 9.90. The monoisotopic (exact) mass is 467 g/mol. The molecule has 2 aromatic heterocycles. The summed E-state index contributed by atoms with van der Waals surface area (Å²) in [7, 11) is -3.70. The van der Waals surface area contributed by atoms with Gasteiger partial charge in [0, 0.05) is 45.4 Å². The number of aryl methyl sites for hydroxylation is 1. The normalized spacial score (nSPS) is 13.8. The number of aromatic nitrogens is 2. The minimum Gasteiger partial charge on any atom is -0.280 e. The zero-order chi connectivity index (χ0) is 21.8. The van der Waals surface area contributed by atoms with Gasteiger partial charge in [0.25, 0.3) is 10.0 Å². The van der Waals surface area contributed by atoms with Crippen molar-refractivity contribution in [1.82, 2.24) is 9.97 Å². The lowest BCUT2D eigenvalue weighted by atomic mass is 10.1. The van der Waals surface area contributed by atoms with Crippen molar-refractivity contribution in [3.8, 4) is 21.8 Å². The molecule has 0 radical (unpaired) electrons. The molecule has 0 saturated carbocycles. The molecule has 5 nitrogen and oxygen atoms in total. The molecule has 1 aliphatic carbocycles. The van der Waals surface area contributed by atoms with E-state index in [2.05, 4.69) is 22.7 Å². The van der Waals surface area contributed by atoms with E-state index in [0.29, 0.717) is 17.0 Å². The number of rotatable bonds is 7. The molecular formula is C23H21N3O2S3. The molecule has 158 valence electrons. The first kappa shape index (κ1) is 21.5. The Balaban J connectivity index is 1.52. The average Bonchev–Trinajstić information content (AvgIpc) is 3.25. The maximum atomic E-state index is 12.6. The van der Waals surface area contributed by atoms with Crippen LogP contribution in [0, 0.1) is 0 Å². The lowest BCUT2D eigenvalue weighted by molar-refractivity contribution is 0.608. The van der Waals surface area contributed by atoms with E-state index in [1.165, 1.54) is 6.08 Å². The molecular weight excluding hydrogens is 446 g/mol. The van der Waals surface area contributed by atoms with Crippen LogP contribution in [0.5, 0.6) is 0 Å². The van der Waals surface area contributed by atoms with Crippen LogP contribution in [-0.2, 0) is 16.4 Å². The third kappa shape index (κ3) is 4.98. The third-order valence-corrected chi connectivity index (χ3v) is 7.63. The number of anilines is 1. The second kappa shape index (κ2) is 9.21. The van der Waals surface area contributed by atoms with Crippen molar-refractivity contribution in [3.05, 3.63) is 76.8 Å². The predicted octanol–water partition coefficient (Wildman–Crippen LogP) is 5.78. The van der Waals surface area contributed by atoms with E-state index in [1.807, 2.05) is 35.9 Å². The first-order chi connectivity index (χ1) is 15.0. The fourth-order valence-corrected chi connectivity index (χ4v) is 5.74. The highest BCUT2D eigenvalue weighted by Crippen LogP contribution is 2.30. The molecule has 1 N–H and O–H groups in total. The molecule has 0 atom stereocenters. The fraction of sp³-hybridized carbons (Fsp3) is 0.174. The van der Waals surface area contributed by atoms with Crippen LogP contribution in [0.25, 0.3) is 21.8 Å². The Morgan fingerprint density at radius 3 is 2.71 bits per heavy atom. The largest absolute Gasteiger partial charge is 0.280 e. The number of benzene rings is 1. The SMILES string of the molecule is CCCc1cc(-c2nc(-c3ccc(NS(=O)(=O)C4=CC=CCC4=S)cc3)cs2)ccn1. The number of allylic oxidation sites excluding steroid dienone is 4. The average molecular weight is 468 g/mol. The summed E-state index contributed by atoms with van der Waals surface area (Å²) in [5.74, 6) is 0. The summed E-state index contributed by atoms with van der Waals surface area (Å²) in [6.07, 6.45) is 9.37. The number of nitrogens with zero attached hydrogens (tertiary/aromatic N) is 2. The zero-order valence-corrected chi connectivity index (χ0v) is 19.4. The van der Waals surface area contributed by atoms with Crippen LogP contribution in [0.15, 0.2) is 71.1 Å². The van der Waals surface area contributed by atoms with Gasteiger partial charge >= 0.3 is 0 Å². The minimum atomic E-state index is -3.70. The maximum Gasteiger partial charge on any atom is 0.263 e. The fourth-order valence-electron chi connectivity index (χ4n) is 3.23. The quantitative estimate of drug-likeness (QED) is 0.446. The number of hydrogen-bond acceptors (Lipinski definition) is 6. The van der Waals surface area contributed by atoms with Crippen molar-refractivity contribution in [2.75, 3.05) is 4.72 Å². The molecule has 1 aromatic carbocycles. The van der Waals surface area contributed by atoms with Crippen molar-refractivity contribution in [2.45, 2.75) is 26.2 Å². The van der Waals surface area contributed by atoms with Crippen LogP contribution in [0.4, 0.5) is 5.69 Å². The molecule has 0 aliphatic heterocycles. The molecule has 3 aromatic rings. The first-order valence-corrected chi connectivity index (χ1v) is 12.7. The van der Waals surface area contributed by atoms with Gasteiger partial charge in [-0.3, -0.25) is 9.71 Å². The molecule has 1 aliphatic rings. The molecule has 0 spiro atoms. The van der Waals surface area contributed by atoms with Crippen LogP contribution in [0.2, 0.25) is 0 Å². The molecule has 8 heteroatoms. The Bertz CT molecular complexity index is 1270. The summed E-state index contributed by atoms with van der Waals surface area (Å²) in [4.78, 5) is 9.73. The smallest absolute Gasteiger partial charge is 0.263 e. The van der Waals surface area contributed by atoms with Crippen LogP contribution in [0.1, 0.15) is 25.5 Å². The van der Waals surface area contributed by atoms with E-state index in [4.69, 9.17) is 17.2 Å². The van der Waals surface area contributed by atoms with Crippen LogP contribution < -0.4 is 4.72 Å². The molecule has 0 unspecified atom stereocenters. The van der Waals surface area contributed by atoms with Gasteiger partial charge in [-0.05, 0) is 36.8 Å². The van der Waals surface area contributed by atoms with Gasteiger partial charge in [-0.15, -0.1) is 11.3 Å². The molecule has 0 fully saturated rings. The van der Waals surface area contributed by atoms with Gasteiger partial charge in [0.2, 0.25) is 0 Å². The number of nitrogens with one attached hydrogen (secondary N) is 1. The van der Waals surface area contributed by atoms with E-state index in [-0.39, 0.29) is 4.91 Å². The number of thiazole rings is 1. The van der Waals surface area contributed by atoms with Gasteiger partial charge < -0.3 is 0 Å². The lowest BCUT2D eigenvalue weighted by Crippen LogP contribution is -2.20. The molecule has 0 bridgehead atoms. The molecule has 31 heavy (non-hydrogen) atoms. The molecule has 0 saturated heterocycles. The number of thiocarbonyl (C=S) groups is 1. The predicted molar refractivity (Wildman–Crippen MR) is 132 cm³/mol. The van der Waals surface area contributed by atoms with Crippen molar-refractivity contribution < 1.29 is 8.42 Å². The van der Waals surface area contributed by atoms with E-state index in [0.717, 1.165) is 40.4 Å². The van der Waals surface area contributed by atoms with Crippen molar-refractivity contribution >= 4 is 44.1 Å². The van der Waals surface area contributed by atoms with Gasteiger partial charge in [0.15, 0.2) is 0 Å². The van der Waals surface area contributed by atoms with Gasteiger partial charge in [-0.1, -0.05) is 49.8 Å². The highest BCUT2D eigenvalue weighted by atomic mass is 32.2. The highest BCUT2D eigenvalue weighted by molar-refractivity contribution is 7.99. The number of hydrogen-bond donors (Lipinski definition) is 1. The van der Waals surface area contributed by atoms with Gasteiger partial charge in [-0.2, -0.15) is 0 Å². The second-order valence-electron chi connectivity index (χ2n) is 7.09. The van der Waals surface area contributed by atoms with Gasteiger partial charge in [0.1, 0.15) is 9.91 Å². The maximum absolute atomic E-state index is 12.6. The lowest BCUT2D eigenvalue weighted by Gasteiger charge is -2.13. The number of pyridine rings is 1. The second-order valence-corrected chi connectivity index (χ2v) is 10.1. The van der Waals surface area contributed by atoms with Crippen LogP contribution >= 0.6 is 23.6 Å². The summed E-state index contributed by atoms with van der Waals surface area (Å²) in [6.45, 7) is 2.14. The standard InChI is InChI=1S/C23H21N3O2S3/c1-2-5-19-14-17(12-13-24-19)23-25-20(15-30-23)16-8-10-18(11-9-16)26-31(27,28)22-7-4-3-6-21(22)29/h3-4,7-15,26H,2,5-6H2,1H3. The van der Waals surface area contributed by atoms with E-state index < -0.39 is 10.0 Å². The topological polar surface area (TPSA) is 72.0 Å². The van der Waals surface area contributed by atoms with Gasteiger partial charge in [0.05, 0.1) is 5.69 Å². The van der Waals surface area contributed by atoms with Gasteiger partial charge in [-0.25, -0.2) is 13.4 Å². The Morgan fingerprint density at radius 1 is 1.16 bits per heavy atom. The summed E-state index contributed by atoms with van der Waals surface area (Å²) in [6, 6.07) is 11.3. The summed E-state index contributed by atoms with van der Waals surface area (Å²) in [5, 5.41) is 2.94. The highest BCUT2D eigenvalue weighted by Gasteiger charge is 2.22. The van der Waals surface area contributed by atoms with Crippen LogP contribution in [0.3, 0.4) is 0 Å². The van der Waals surface area contributed by atoms with Crippen LogP contribution in [-0.4, -0.2) is 23.3 Å². The summed E-state index contributed by atoms with van der Waals surface area (Å²) < 4.78 is 27.9. The van der Waals surface area contributed by atoms with E-state index in [9.17, 15) is 8.42 Å². The Morgan fingerprint density at radius 2 is 1.97 bits per heavy atom. The summed E-state index contributed by atoms with van der Waals surface area (Å²) in [5.41, 5.74) is 4.38. The molecule has 4 rings (SSSR count). The van der Waals surface area contributed by atoms with Crippen molar-refractivity contribution in [2.24, 2.45) is 0 Å². The summed E-state index contributed by atoms with van der Waals surface area (Å²) >= 11 is 6.77. The van der Waals surface area contributed by atoms with Crippen molar-refractivity contribution in [1.29, 1.82) is 0 Å². The Kier molecular flexibility index (Phi) is 6.41. The number of sulfonamides is 1. The zero-order valence-electron chi connectivity index (χ0n) is 16.9. The Labute approximate surface area is 191 Å². The van der Waals surface area contributed by atoms with E-state index >= 15 is 0 Å². The minimum absolute atomic E-state index is 0.151. The molecule has 2 heterocycles. The third-order valence-electron chi connectivity index (χ3n) is 4.76. The Hall–Kier alpha value is -2.68.